The summed E-state index contributed by atoms with van der Waals surface area (Å²) in [5, 5.41) is 3.38. The first-order chi connectivity index (χ1) is 13.0. The maximum absolute atomic E-state index is 12.6. The van der Waals surface area contributed by atoms with Gasteiger partial charge in [-0.25, -0.2) is 4.98 Å². The molecule has 0 aliphatic carbocycles. The van der Waals surface area contributed by atoms with Crippen molar-refractivity contribution in [2.75, 3.05) is 46.1 Å². The monoisotopic (exact) mass is 397 g/mol. The molecule has 150 valence electrons. The topological polar surface area (TPSA) is 72.9 Å². The Morgan fingerprint density at radius 1 is 1.37 bits per heavy atom. The summed E-state index contributed by atoms with van der Waals surface area (Å²) in [5.41, 5.74) is 0.430. The van der Waals surface area contributed by atoms with Crippen LogP contribution in [0.2, 0.25) is 5.02 Å². The Bertz CT molecular complexity index is 631. The van der Waals surface area contributed by atoms with Crippen LogP contribution in [0.4, 0.5) is 0 Å². The van der Waals surface area contributed by atoms with Crippen LogP contribution in [0.25, 0.3) is 0 Å². The van der Waals surface area contributed by atoms with Gasteiger partial charge < -0.3 is 19.5 Å². The highest BCUT2D eigenvalue weighted by atomic mass is 35.5. The molecule has 1 aromatic heterocycles. The van der Waals surface area contributed by atoms with Gasteiger partial charge in [-0.2, -0.15) is 0 Å². The number of pyridine rings is 1. The Hall–Kier alpha value is -1.41. The van der Waals surface area contributed by atoms with Crippen molar-refractivity contribution in [3.63, 3.8) is 0 Å². The predicted molar refractivity (Wildman–Crippen MR) is 102 cm³/mol. The van der Waals surface area contributed by atoms with E-state index >= 15 is 0 Å². The number of hydrogen-bond donors (Lipinski definition) is 1. The number of carbonyl (C=O) groups is 1. The molecular weight excluding hydrogens is 370 g/mol. The zero-order valence-electron chi connectivity index (χ0n) is 15.9. The minimum absolute atomic E-state index is 0.0300. The number of morpholine rings is 1. The highest BCUT2D eigenvalue weighted by molar-refractivity contribution is 6.32. The van der Waals surface area contributed by atoms with Gasteiger partial charge in [0.05, 0.1) is 31.5 Å². The quantitative estimate of drug-likeness (QED) is 0.758. The molecule has 27 heavy (non-hydrogen) atoms. The molecule has 2 saturated heterocycles. The lowest BCUT2D eigenvalue weighted by atomic mass is 9.96. The van der Waals surface area contributed by atoms with Crippen molar-refractivity contribution in [1.29, 1.82) is 0 Å². The van der Waals surface area contributed by atoms with E-state index in [-0.39, 0.29) is 18.1 Å². The molecule has 2 aliphatic rings. The van der Waals surface area contributed by atoms with Crippen molar-refractivity contribution in [1.82, 2.24) is 15.2 Å². The van der Waals surface area contributed by atoms with Gasteiger partial charge in [-0.3, -0.25) is 9.69 Å². The summed E-state index contributed by atoms with van der Waals surface area (Å²) < 4.78 is 16.6. The molecule has 8 heteroatoms. The van der Waals surface area contributed by atoms with Crippen LogP contribution in [0, 0.1) is 5.92 Å². The SMILES string of the molecule is CC(C)Oc1ncc(C(=O)NCC(C2CCOC2)N2CCOCC2)cc1Cl. The average Bonchev–Trinajstić information content (AvgIpc) is 3.18. The standard InChI is InChI=1S/C19H28ClN3O4/c1-13(2)27-19-16(20)9-15(10-22-19)18(24)21-11-17(14-3-6-26-12-14)23-4-7-25-8-5-23/h9-10,13-14,17H,3-8,11-12H2,1-2H3,(H,21,24). The van der Waals surface area contributed by atoms with Crippen molar-refractivity contribution in [3.05, 3.63) is 22.8 Å². The van der Waals surface area contributed by atoms with E-state index in [0.717, 1.165) is 45.9 Å². The molecule has 1 amide bonds. The third-order valence-electron chi connectivity index (χ3n) is 4.91. The van der Waals surface area contributed by atoms with Crippen molar-refractivity contribution in [3.8, 4) is 5.88 Å². The third kappa shape index (κ3) is 5.54. The van der Waals surface area contributed by atoms with Crippen LogP contribution in [0.1, 0.15) is 30.6 Å². The molecule has 3 rings (SSSR count). The molecule has 0 radical (unpaired) electrons. The molecule has 1 aromatic rings. The Kier molecular flexibility index (Phi) is 7.29. The summed E-state index contributed by atoms with van der Waals surface area (Å²) in [6.07, 6.45) is 2.49. The zero-order chi connectivity index (χ0) is 19.2. The lowest BCUT2D eigenvalue weighted by Gasteiger charge is -2.37. The number of rotatable bonds is 7. The van der Waals surface area contributed by atoms with Crippen molar-refractivity contribution in [2.45, 2.75) is 32.4 Å². The Morgan fingerprint density at radius 3 is 2.78 bits per heavy atom. The van der Waals surface area contributed by atoms with Crippen LogP contribution >= 0.6 is 11.6 Å². The first kappa shape index (κ1) is 20.3. The summed E-state index contributed by atoms with van der Waals surface area (Å²) in [6.45, 7) is 9.12. The van der Waals surface area contributed by atoms with E-state index in [1.807, 2.05) is 13.8 Å². The average molecular weight is 398 g/mol. The lowest BCUT2D eigenvalue weighted by molar-refractivity contribution is 0.00166. The number of carbonyl (C=O) groups excluding carboxylic acids is 1. The van der Waals surface area contributed by atoms with Gasteiger partial charge in [-0.05, 0) is 26.3 Å². The minimum atomic E-state index is -0.183. The molecule has 0 spiro atoms. The number of nitrogens with zero attached hydrogens (tertiary/aromatic N) is 2. The predicted octanol–water partition coefficient (Wildman–Crippen LogP) is 1.99. The van der Waals surface area contributed by atoms with Gasteiger partial charge in [-0.15, -0.1) is 0 Å². The first-order valence-electron chi connectivity index (χ1n) is 9.54. The Labute approximate surface area is 165 Å². The smallest absolute Gasteiger partial charge is 0.252 e. The number of ether oxygens (including phenoxy) is 3. The zero-order valence-corrected chi connectivity index (χ0v) is 16.7. The van der Waals surface area contributed by atoms with Crippen molar-refractivity contribution < 1.29 is 19.0 Å². The van der Waals surface area contributed by atoms with E-state index in [1.165, 1.54) is 6.20 Å². The molecule has 0 aromatic carbocycles. The molecular formula is C19H28ClN3O4. The van der Waals surface area contributed by atoms with Gasteiger partial charge >= 0.3 is 0 Å². The van der Waals surface area contributed by atoms with Crippen LogP contribution in [0.15, 0.2) is 12.3 Å². The second-order valence-corrected chi connectivity index (χ2v) is 7.63. The van der Waals surface area contributed by atoms with E-state index in [2.05, 4.69) is 15.2 Å². The molecule has 2 aliphatic heterocycles. The highest BCUT2D eigenvalue weighted by Gasteiger charge is 2.31. The van der Waals surface area contributed by atoms with Gasteiger partial charge in [0.25, 0.3) is 5.91 Å². The fourth-order valence-corrected chi connectivity index (χ4v) is 3.73. The molecule has 2 fully saturated rings. The van der Waals surface area contributed by atoms with Gasteiger partial charge in [0, 0.05) is 44.4 Å². The normalized spacial score (nSPS) is 22.0. The summed E-state index contributed by atoms with van der Waals surface area (Å²) in [6, 6.07) is 1.84. The molecule has 3 heterocycles. The van der Waals surface area contributed by atoms with Crippen LogP contribution in [-0.4, -0.2) is 74.0 Å². The van der Waals surface area contributed by atoms with Crippen LogP contribution in [0.3, 0.4) is 0 Å². The molecule has 7 nitrogen and oxygen atoms in total. The number of hydrogen-bond acceptors (Lipinski definition) is 6. The van der Waals surface area contributed by atoms with Gasteiger partial charge in [-0.1, -0.05) is 11.6 Å². The maximum atomic E-state index is 12.6. The summed E-state index contributed by atoms with van der Waals surface area (Å²) in [4.78, 5) is 19.2. The van der Waals surface area contributed by atoms with E-state index in [1.54, 1.807) is 6.07 Å². The maximum Gasteiger partial charge on any atom is 0.252 e. The largest absolute Gasteiger partial charge is 0.474 e. The Morgan fingerprint density at radius 2 is 2.15 bits per heavy atom. The van der Waals surface area contributed by atoms with Gasteiger partial charge in [0.15, 0.2) is 0 Å². The molecule has 2 unspecified atom stereocenters. The van der Waals surface area contributed by atoms with E-state index < -0.39 is 0 Å². The molecule has 0 saturated carbocycles. The number of nitrogens with one attached hydrogen (secondary N) is 1. The summed E-state index contributed by atoms with van der Waals surface area (Å²) >= 11 is 6.20. The van der Waals surface area contributed by atoms with Crippen LogP contribution in [-0.2, 0) is 9.47 Å². The van der Waals surface area contributed by atoms with Crippen molar-refractivity contribution in [2.24, 2.45) is 5.92 Å². The Balaban J connectivity index is 1.62. The second-order valence-electron chi connectivity index (χ2n) is 7.23. The van der Waals surface area contributed by atoms with E-state index in [9.17, 15) is 4.79 Å². The highest BCUT2D eigenvalue weighted by Crippen LogP contribution is 2.24. The molecule has 2 atom stereocenters. The fraction of sp³-hybridized carbons (Fsp3) is 0.684. The van der Waals surface area contributed by atoms with Crippen molar-refractivity contribution >= 4 is 17.5 Å². The summed E-state index contributed by atoms with van der Waals surface area (Å²) in [5.74, 6) is 0.585. The molecule has 1 N–H and O–H groups in total. The summed E-state index contributed by atoms with van der Waals surface area (Å²) in [7, 11) is 0. The van der Waals surface area contributed by atoms with E-state index in [0.29, 0.717) is 28.9 Å². The number of aromatic nitrogens is 1. The number of halogens is 1. The lowest BCUT2D eigenvalue weighted by Crippen LogP contribution is -2.52. The van der Waals surface area contributed by atoms with E-state index in [4.69, 9.17) is 25.8 Å². The second kappa shape index (κ2) is 9.68. The van der Waals surface area contributed by atoms with Crippen LogP contribution < -0.4 is 10.1 Å². The first-order valence-corrected chi connectivity index (χ1v) is 9.92. The number of amides is 1. The minimum Gasteiger partial charge on any atom is -0.474 e. The van der Waals surface area contributed by atoms with Gasteiger partial charge in [0.2, 0.25) is 5.88 Å². The van der Waals surface area contributed by atoms with Gasteiger partial charge in [0.1, 0.15) is 5.02 Å². The van der Waals surface area contributed by atoms with Crippen LogP contribution in [0.5, 0.6) is 5.88 Å². The third-order valence-corrected chi connectivity index (χ3v) is 5.18. The fourth-order valence-electron chi connectivity index (χ4n) is 3.52. The molecule has 0 bridgehead atoms.